The fourth-order valence-corrected chi connectivity index (χ4v) is 2.66. The van der Waals surface area contributed by atoms with Gasteiger partial charge >= 0.3 is 0 Å². The van der Waals surface area contributed by atoms with Crippen LogP contribution >= 0.6 is 11.6 Å². The Morgan fingerprint density at radius 1 is 1.11 bits per heavy atom. The fraction of sp³-hybridized carbons (Fsp3) is 0.0769. The highest BCUT2D eigenvalue weighted by Crippen LogP contribution is 2.21. The predicted molar refractivity (Wildman–Crippen MR) is 74.1 cm³/mol. The maximum Gasteiger partial charge on any atom is 0.282 e. The molecule has 0 amide bonds. The molecule has 0 saturated heterocycles. The lowest BCUT2D eigenvalue weighted by atomic mass is 10.2. The monoisotopic (exact) mass is 295 g/mol. The Hall–Kier alpha value is -1.72. The summed E-state index contributed by atoms with van der Waals surface area (Å²) in [5, 5.41) is 0.495. The molecule has 0 atom stereocenters. The van der Waals surface area contributed by atoms with Gasteiger partial charge in [-0.25, -0.2) is 0 Å². The van der Waals surface area contributed by atoms with Crippen LogP contribution in [0.2, 0.25) is 5.02 Å². The van der Waals surface area contributed by atoms with E-state index < -0.39 is 10.0 Å². The molecule has 0 N–H and O–H groups in total. The van der Waals surface area contributed by atoms with Crippen molar-refractivity contribution in [1.29, 1.82) is 0 Å². The number of ketones is 1. The van der Waals surface area contributed by atoms with E-state index in [1.165, 1.54) is 42.5 Å². The molecular weight excluding hydrogens is 286 g/mol. The van der Waals surface area contributed by atoms with Gasteiger partial charge in [0.1, 0.15) is 0 Å². The molecule has 0 aliphatic heterocycles. The van der Waals surface area contributed by atoms with Crippen molar-refractivity contribution in [3.05, 3.63) is 53.1 Å². The molecule has 6 heteroatoms. The zero-order valence-electron chi connectivity index (χ0n) is 10.00. The summed E-state index contributed by atoms with van der Waals surface area (Å²) < 4.78 is 27.8. The van der Waals surface area contributed by atoms with E-state index in [0.717, 1.165) is 0 Å². The van der Waals surface area contributed by atoms with Crippen LogP contribution in [0.15, 0.2) is 51.8 Å². The second-order valence-corrected chi connectivity index (χ2v) is 5.98. The zero-order valence-corrected chi connectivity index (χ0v) is 11.6. The largest absolute Gasteiger partial charge is 0.290 e. The van der Waals surface area contributed by atoms with Crippen molar-refractivity contribution in [2.45, 2.75) is 11.8 Å². The Morgan fingerprint density at radius 3 is 2.32 bits per heavy atom. The number of nitrogens with zero attached hydrogens (tertiary/aromatic N) is 1. The fourth-order valence-electron chi connectivity index (χ4n) is 1.48. The number of hydrogen-bond donors (Lipinski definition) is 0. The van der Waals surface area contributed by atoms with Gasteiger partial charge in [-0.3, -0.25) is 4.79 Å². The van der Waals surface area contributed by atoms with Gasteiger partial charge in [-0.2, -0.15) is 12.8 Å². The number of aryl methyl sites for hydroxylation is 1. The van der Waals surface area contributed by atoms with E-state index in [-0.39, 0.29) is 16.4 Å². The van der Waals surface area contributed by atoms with Crippen LogP contribution < -0.4 is 0 Å². The van der Waals surface area contributed by atoms with Crippen molar-refractivity contribution in [3.63, 3.8) is 0 Å². The number of benzene rings is 1. The van der Waals surface area contributed by atoms with Gasteiger partial charge in [0, 0.05) is 5.02 Å². The third kappa shape index (κ3) is 3.19. The van der Waals surface area contributed by atoms with Crippen LogP contribution in [0.3, 0.4) is 0 Å². The first kappa shape index (κ1) is 13.7. The molecule has 0 heterocycles. The van der Waals surface area contributed by atoms with Gasteiger partial charge in [0.25, 0.3) is 10.0 Å². The highest BCUT2D eigenvalue weighted by atomic mass is 35.5. The smallest absolute Gasteiger partial charge is 0.282 e. The number of allylic oxidation sites excluding steroid dienone is 4. The van der Waals surface area contributed by atoms with Gasteiger partial charge in [0.15, 0.2) is 5.78 Å². The Balaban J connectivity index is 2.41. The highest BCUT2D eigenvalue weighted by molar-refractivity contribution is 7.90. The number of halogens is 1. The molecular formula is C13H10ClNO3S. The number of carbonyl (C=O) groups is 1. The molecule has 0 radical (unpaired) electrons. The third-order valence-corrected chi connectivity index (χ3v) is 4.21. The summed E-state index contributed by atoms with van der Waals surface area (Å²) in [4.78, 5) is 11.0. The maximum absolute atomic E-state index is 12.1. The Labute approximate surface area is 116 Å². The van der Waals surface area contributed by atoms with Crippen LogP contribution in [0.5, 0.6) is 0 Å². The number of hydrogen-bond acceptors (Lipinski definition) is 3. The van der Waals surface area contributed by atoms with E-state index in [2.05, 4.69) is 4.40 Å². The van der Waals surface area contributed by atoms with Crippen LogP contribution in [-0.2, 0) is 14.8 Å². The molecule has 0 aromatic heterocycles. The van der Waals surface area contributed by atoms with E-state index in [9.17, 15) is 13.2 Å². The molecule has 19 heavy (non-hydrogen) atoms. The molecule has 2 rings (SSSR count). The Morgan fingerprint density at radius 2 is 1.74 bits per heavy atom. The first-order valence-corrected chi connectivity index (χ1v) is 7.21. The van der Waals surface area contributed by atoms with Crippen LogP contribution in [0.1, 0.15) is 5.56 Å². The van der Waals surface area contributed by atoms with Gasteiger partial charge in [-0.05, 0) is 55.0 Å². The first-order chi connectivity index (χ1) is 8.88. The van der Waals surface area contributed by atoms with Crippen molar-refractivity contribution in [1.82, 2.24) is 0 Å². The van der Waals surface area contributed by atoms with E-state index in [1.807, 2.05) is 0 Å². The molecule has 0 fully saturated rings. The minimum Gasteiger partial charge on any atom is -0.290 e. The lowest BCUT2D eigenvalue weighted by molar-refractivity contribution is -0.110. The standard InChI is InChI=1S/C13H10ClNO3S/c1-9-8-12(6-7-13(9)14)19(17,18)15-10-2-4-11(16)5-3-10/h2-8H,1H3. The Kier molecular flexibility index (Phi) is 3.68. The molecule has 1 aromatic rings. The van der Waals surface area contributed by atoms with Gasteiger partial charge in [0.2, 0.25) is 0 Å². The SMILES string of the molecule is Cc1cc(S(=O)(=O)N=C2C=CC(=O)C=C2)ccc1Cl. The van der Waals surface area contributed by atoms with Crippen molar-refractivity contribution >= 4 is 33.1 Å². The minimum absolute atomic E-state index is 0.0700. The lowest BCUT2D eigenvalue weighted by Crippen LogP contribution is -2.05. The van der Waals surface area contributed by atoms with Crippen molar-refractivity contribution < 1.29 is 13.2 Å². The van der Waals surface area contributed by atoms with Gasteiger partial charge in [0.05, 0.1) is 10.6 Å². The van der Waals surface area contributed by atoms with Gasteiger partial charge < -0.3 is 0 Å². The molecule has 1 aliphatic rings. The second kappa shape index (κ2) is 5.11. The van der Waals surface area contributed by atoms with Crippen LogP contribution in [0, 0.1) is 6.92 Å². The molecule has 1 aromatic carbocycles. The molecule has 0 unspecified atom stereocenters. The summed E-state index contributed by atoms with van der Waals surface area (Å²) in [5.41, 5.74) is 0.875. The van der Waals surface area contributed by atoms with Gasteiger partial charge in [-0.1, -0.05) is 11.6 Å². The number of rotatable bonds is 2. The number of carbonyl (C=O) groups excluding carboxylic acids is 1. The quantitative estimate of drug-likeness (QED) is 0.787. The Bertz CT molecular complexity index is 712. The van der Waals surface area contributed by atoms with E-state index in [4.69, 9.17) is 11.6 Å². The zero-order chi connectivity index (χ0) is 14.0. The average molecular weight is 296 g/mol. The van der Waals surface area contributed by atoms with Crippen molar-refractivity contribution in [2.75, 3.05) is 0 Å². The summed E-state index contributed by atoms with van der Waals surface area (Å²) in [6.07, 6.45) is 5.26. The molecule has 1 aliphatic carbocycles. The lowest BCUT2D eigenvalue weighted by Gasteiger charge is -2.04. The molecule has 4 nitrogen and oxygen atoms in total. The summed E-state index contributed by atoms with van der Waals surface area (Å²) in [6.45, 7) is 1.72. The second-order valence-electron chi connectivity index (χ2n) is 3.97. The van der Waals surface area contributed by atoms with Crippen LogP contribution in [-0.4, -0.2) is 19.9 Å². The van der Waals surface area contributed by atoms with E-state index in [1.54, 1.807) is 6.92 Å². The summed E-state index contributed by atoms with van der Waals surface area (Å²) in [7, 11) is -3.80. The van der Waals surface area contributed by atoms with E-state index >= 15 is 0 Å². The minimum atomic E-state index is -3.80. The normalized spacial score (nSPS) is 14.8. The average Bonchev–Trinajstić information content (AvgIpc) is 2.35. The summed E-state index contributed by atoms with van der Waals surface area (Å²) in [5.74, 6) is -0.196. The number of sulfonamides is 1. The van der Waals surface area contributed by atoms with Crippen molar-refractivity contribution in [2.24, 2.45) is 4.40 Å². The van der Waals surface area contributed by atoms with Crippen molar-refractivity contribution in [3.8, 4) is 0 Å². The molecule has 0 spiro atoms. The highest BCUT2D eigenvalue weighted by Gasteiger charge is 2.14. The third-order valence-electron chi connectivity index (χ3n) is 2.49. The maximum atomic E-state index is 12.1. The van der Waals surface area contributed by atoms with E-state index in [0.29, 0.717) is 10.6 Å². The predicted octanol–water partition coefficient (Wildman–Crippen LogP) is 2.47. The molecule has 0 saturated carbocycles. The van der Waals surface area contributed by atoms with Crippen LogP contribution in [0.25, 0.3) is 0 Å². The van der Waals surface area contributed by atoms with Crippen LogP contribution in [0.4, 0.5) is 0 Å². The topological polar surface area (TPSA) is 63.6 Å². The summed E-state index contributed by atoms with van der Waals surface area (Å²) in [6, 6.07) is 4.37. The first-order valence-electron chi connectivity index (χ1n) is 5.40. The molecule has 0 bridgehead atoms. The van der Waals surface area contributed by atoms with Gasteiger partial charge in [-0.15, -0.1) is 0 Å². The molecule has 98 valence electrons. The summed E-state index contributed by atoms with van der Waals surface area (Å²) >= 11 is 5.85.